The van der Waals surface area contributed by atoms with Crippen LogP contribution in [0.1, 0.15) is 15.9 Å². The zero-order chi connectivity index (χ0) is 22.5. The number of aromatic amines is 1. The maximum atomic E-state index is 11.6. The summed E-state index contributed by atoms with van der Waals surface area (Å²) in [5.41, 5.74) is 2.25. The van der Waals surface area contributed by atoms with Crippen molar-refractivity contribution in [2.24, 2.45) is 0 Å². The van der Waals surface area contributed by atoms with E-state index in [9.17, 15) is 9.90 Å². The SMILES string of the molecule is COC(=O)c1ccc(Oc2cn[nH]c2-c2ccc(OCc3ccccc3Cl)cc2O)cc1. The molecule has 1 heterocycles. The summed E-state index contributed by atoms with van der Waals surface area (Å²) in [6.07, 6.45) is 1.50. The van der Waals surface area contributed by atoms with Gasteiger partial charge in [-0.2, -0.15) is 5.10 Å². The summed E-state index contributed by atoms with van der Waals surface area (Å²) in [5, 5.41) is 18.0. The number of carbonyl (C=O) groups excluding carboxylic acids is 1. The van der Waals surface area contributed by atoms with Crippen molar-refractivity contribution in [1.29, 1.82) is 0 Å². The van der Waals surface area contributed by atoms with Crippen molar-refractivity contribution in [1.82, 2.24) is 10.2 Å². The van der Waals surface area contributed by atoms with E-state index in [1.54, 1.807) is 42.5 Å². The second-order valence-corrected chi connectivity index (χ2v) is 7.19. The van der Waals surface area contributed by atoms with Crippen LogP contribution in [0.4, 0.5) is 0 Å². The smallest absolute Gasteiger partial charge is 0.337 e. The molecule has 32 heavy (non-hydrogen) atoms. The van der Waals surface area contributed by atoms with Crippen molar-refractivity contribution in [3.05, 3.63) is 89.1 Å². The molecule has 0 aliphatic heterocycles. The normalized spacial score (nSPS) is 10.6. The van der Waals surface area contributed by atoms with Crippen LogP contribution in [0.25, 0.3) is 11.3 Å². The van der Waals surface area contributed by atoms with Gasteiger partial charge < -0.3 is 19.3 Å². The molecule has 1 aromatic heterocycles. The molecule has 0 bridgehead atoms. The number of aromatic hydroxyl groups is 1. The summed E-state index contributed by atoms with van der Waals surface area (Å²) < 4.78 is 16.3. The van der Waals surface area contributed by atoms with Gasteiger partial charge >= 0.3 is 5.97 Å². The molecular weight excluding hydrogens is 432 g/mol. The highest BCUT2D eigenvalue weighted by Gasteiger charge is 2.15. The average molecular weight is 451 g/mol. The number of nitrogens with zero attached hydrogens (tertiary/aromatic N) is 1. The number of hydrogen-bond donors (Lipinski definition) is 2. The predicted octanol–water partition coefficient (Wildman–Crippen LogP) is 5.59. The summed E-state index contributed by atoms with van der Waals surface area (Å²) in [6.45, 7) is 0.276. The lowest BCUT2D eigenvalue weighted by molar-refractivity contribution is 0.0600. The lowest BCUT2D eigenvalue weighted by Gasteiger charge is -2.11. The highest BCUT2D eigenvalue weighted by molar-refractivity contribution is 6.31. The Hall–Kier alpha value is -3.97. The first-order valence-electron chi connectivity index (χ1n) is 9.64. The number of benzene rings is 3. The van der Waals surface area contributed by atoms with Gasteiger partial charge in [0.25, 0.3) is 0 Å². The van der Waals surface area contributed by atoms with E-state index in [2.05, 4.69) is 10.2 Å². The second kappa shape index (κ2) is 9.45. The third kappa shape index (κ3) is 4.68. The van der Waals surface area contributed by atoms with Crippen LogP contribution in [0.2, 0.25) is 5.02 Å². The van der Waals surface area contributed by atoms with Crippen molar-refractivity contribution >= 4 is 17.6 Å². The lowest BCUT2D eigenvalue weighted by atomic mass is 10.1. The fourth-order valence-electron chi connectivity index (χ4n) is 3.04. The van der Waals surface area contributed by atoms with E-state index in [-0.39, 0.29) is 12.4 Å². The Kier molecular flexibility index (Phi) is 6.28. The Morgan fingerprint density at radius 3 is 2.53 bits per heavy atom. The Bertz CT molecular complexity index is 1240. The summed E-state index contributed by atoms with van der Waals surface area (Å²) in [4.78, 5) is 11.6. The average Bonchev–Trinajstić information content (AvgIpc) is 3.26. The first-order valence-corrected chi connectivity index (χ1v) is 10.0. The summed E-state index contributed by atoms with van der Waals surface area (Å²) in [6, 6.07) is 18.9. The molecule has 0 radical (unpaired) electrons. The second-order valence-electron chi connectivity index (χ2n) is 6.79. The van der Waals surface area contributed by atoms with Gasteiger partial charge in [0.15, 0.2) is 5.75 Å². The number of phenolic OH excluding ortho intramolecular Hbond substituents is 1. The van der Waals surface area contributed by atoms with Gasteiger partial charge in [0.2, 0.25) is 0 Å². The van der Waals surface area contributed by atoms with Crippen LogP contribution >= 0.6 is 11.6 Å². The quantitative estimate of drug-likeness (QED) is 0.356. The van der Waals surface area contributed by atoms with Crippen LogP contribution in [0.15, 0.2) is 72.9 Å². The zero-order valence-corrected chi connectivity index (χ0v) is 17.8. The molecule has 8 heteroatoms. The highest BCUT2D eigenvalue weighted by atomic mass is 35.5. The van der Waals surface area contributed by atoms with Gasteiger partial charge in [-0.05, 0) is 42.5 Å². The fraction of sp³-hybridized carbons (Fsp3) is 0.0833. The summed E-state index contributed by atoms with van der Waals surface area (Å²) in [5.74, 6) is 0.973. The van der Waals surface area contributed by atoms with Crippen LogP contribution in [0.5, 0.6) is 23.0 Å². The minimum atomic E-state index is -0.428. The Morgan fingerprint density at radius 1 is 1.06 bits per heavy atom. The fourth-order valence-corrected chi connectivity index (χ4v) is 3.23. The van der Waals surface area contributed by atoms with Gasteiger partial charge in [-0.15, -0.1) is 0 Å². The van der Waals surface area contributed by atoms with E-state index < -0.39 is 5.97 Å². The number of methoxy groups -OCH3 is 1. The molecule has 0 spiro atoms. The molecule has 0 atom stereocenters. The zero-order valence-electron chi connectivity index (χ0n) is 17.0. The van der Waals surface area contributed by atoms with Gasteiger partial charge in [-0.25, -0.2) is 4.79 Å². The number of ether oxygens (including phenoxy) is 3. The van der Waals surface area contributed by atoms with Gasteiger partial charge in [-0.3, -0.25) is 5.10 Å². The number of carbonyl (C=O) groups is 1. The third-order valence-corrected chi connectivity index (χ3v) is 5.07. The molecule has 0 saturated carbocycles. The first-order chi connectivity index (χ1) is 15.5. The van der Waals surface area contributed by atoms with Crippen LogP contribution in [0, 0.1) is 0 Å². The van der Waals surface area contributed by atoms with Crippen molar-refractivity contribution in [3.8, 4) is 34.3 Å². The minimum absolute atomic E-state index is 0.00297. The van der Waals surface area contributed by atoms with Gasteiger partial charge in [0.05, 0.1) is 18.9 Å². The van der Waals surface area contributed by atoms with E-state index in [0.717, 1.165) is 5.56 Å². The van der Waals surface area contributed by atoms with E-state index in [0.29, 0.717) is 39.1 Å². The Morgan fingerprint density at radius 2 is 1.81 bits per heavy atom. The van der Waals surface area contributed by atoms with Gasteiger partial charge in [0, 0.05) is 22.2 Å². The summed E-state index contributed by atoms with van der Waals surface area (Å²) in [7, 11) is 1.32. The lowest BCUT2D eigenvalue weighted by Crippen LogP contribution is -2.00. The van der Waals surface area contributed by atoms with Gasteiger partial charge in [0.1, 0.15) is 29.5 Å². The molecule has 7 nitrogen and oxygen atoms in total. The molecular formula is C24H19ClN2O5. The van der Waals surface area contributed by atoms with Crippen LogP contribution in [-0.2, 0) is 11.3 Å². The molecule has 4 aromatic rings. The molecule has 4 rings (SSSR count). The van der Waals surface area contributed by atoms with E-state index in [1.165, 1.54) is 19.4 Å². The van der Waals surface area contributed by atoms with Crippen LogP contribution < -0.4 is 9.47 Å². The first kappa shape index (κ1) is 21.3. The number of halogens is 1. The summed E-state index contributed by atoms with van der Waals surface area (Å²) >= 11 is 6.15. The van der Waals surface area contributed by atoms with Crippen molar-refractivity contribution < 1.29 is 24.1 Å². The maximum absolute atomic E-state index is 11.6. The number of phenols is 1. The third-order valence-electron chi connectivity index (χ3n) is 4.70. The van der Waals surface area contributed by atoms with Gasteiger partial charge in [-0.1, -0.05) is 29.8 Å². The number of rotatable bonds is 7. The largest absolute Gasteiger partial charge is 0.507 e. The maximum Gasteiger partial charge on any atom is 0.337 e. The van der Waals surface area contributed by atoms with Crippen molar-refractivity contribution in [2.45, 2.75) is 6.61 Å². The van der Waals surface area contributed by atoms with Crippen LogP contribution in [0.3, 0.4) is 0 Å². The molecule has 162 valence electrons. The molecule has 0 amide bonds. The number of H-pyrrole nitrogens is 1. The Balaban J connectivity index is 1.49. The molecule has 2 N–H and O–H groups in total. The monoisotopic (exact) mass is 450 g/mol. The highest BCUT2D eigenvalue weighted by Crippen LogP contribution is 2.38. The predicted molar refractivity (Wildman–Crippen MR) is 119 cm³/mol. The van der Waals surface area contributed by atoms with E-state index >= 15 is 0 Å². The molecule has 3 aromatic carbocycles. The molecule has 0 saturated heterocycles. The van der Waals surface area contributed by atoms with Crippen molar-refractivity contribution in [3.63, 3.8) is 0 Å². The molecule has 0 unspecified atom stereocenters. The standard InChI is InChI=1S/C24H19ClN2O5/c1-30-24(29)15-6-8-17(9-7-15)32-22-13-26-27-23(22)19-11-10-18(12-21(19)28)31-14-16-4-2-3-5-20(16)25/h2-13,28H,14H2,1H3,(H,26,27). The topological polar surface area (TPSA) is 93.7 Å². The molecule has 0 aliphatic rings. The van der Waals surface area contributed by atoms with Crippen LogP contribution in [-0.4, -0.2) is 28.4 Å². The minimum Gasteiger partial charge on any atom is -0.507 e. The number of hydrogen-bond acceptors (Lipinski definition) is 6. The number of esters is 1. The molecule has 0 fully saturated rings. The van der Waals surface area contributed by atoms with E-state index in [4.69, 9.17) is 25.8 Å². The Labute approximate surface area is 189 Å². The van der Waals surface area contributed by atoms with E-state index in [1.807, 2.05) is 18.2 Å². The molecule has 0 aliphatic carbocycles. The number of nitrogens with one attached hydrogen (secondary N) is 1. The van der Waals surface area contributed by atoms with Crippen molar-refractivity contribution in [2.75, 3.05) is 7.11 Å². The number of aromatic nitrogens is 2.